The van der Waals surface area contributed by atoms with Gasteiger partial charge in [-0.15, -0.1) is 0 Å². The lowest BCUT2D eigenvalue weighted by molar-refractivity contribution is 0.188. The van der Waals surface area contributed by atoms with Crippen LogP contribution < -0.4 is 5.32 Å². The minimum Gasteiger partial charge on any atom is -0.377 e. The molecule has 0 radical (unpaired) electrons. The van der Waals surface area contributed by atoms with Crippen LogP contribution in [0.2, 0.25) is 0 Å². The molecule has 0 aromatic rings. The number of nitrogens with one attached hydrogen (secondary N) is 1. The third-order valence-corrected chi connectivity index (χ3v) is 1.61. The van der Waals surface area contributed by atoms with Crippen LogP contribution in [-0.2, 0) is 4.74 Å². The van der Waals surface area contributed by atoms with Gasteiger partial charge in [0.25, 0.3) is 0 Å². The third kappa shape index (κ3) is 0.448. The maximum Gasteiger partial charge on any atom is 0.0973 e. The number of fused-ring (bicyclic) bond motifs is 1. The van der Waals surface area contributed by atoms with Crippen LogP contribution in [0.5, 0.6) is 0 Å². The van der Waals surface area contributed by atoms with Crippen LogP contribution in [-0.4, -0.2) is 31.6 Å². The summed E-state index contributed by atoms with van der Waals surface area (Å²) in [6, 6.07) is 0.894. The second kappa shape index (κ2) is 1.45. The Morgan fingerprint density at radius 2 is 2.62 bits per heavy atom. The van der Waals surface area contributed by atoms with E-state index in [0.717, 1.165) is 13.2 Å². The van der Waals surface area contributed by atoms with Gasteiger partial charge >= 0.3 is 0 Å². The second-order valence-corrected chi connectivity index (χ2v) is 2.16. The number of hydrogen-bond donors (Lipinski definition) is 1. The fraction of sp³-hybridized carbons (Fsp3) is 0.800. The van der Waals surface area contributed by atoms with Gasteiger partial charge in [0.2, 0.25) is 0 Å². The fourth-order valence-electron chi connectivity index (χ4n) is 1.08. The molecule has 2 unspecified atom stereocenters. The van der Waals surface area contributed by atoms with Crippen molar-refractivity contribution in [3.63, 3.8) is 0 Å². The molecule has 1 fully saturated rings. The van der Waals surface area contributed by atoms with Gasteiger partial charge in [-0.1, -0.05) is 0 Å². The predicted molar refractivity (Wildman–Crippen MR) is 30.0 cm³/mol. The lowest BCUT2D eigenvalue weighted by Crippen LogP contribution is -2.29. The maximum absolute atomic E-state index is 5.14. The van der Waals surface area contributed by atoms with Crippen LogP contribution in [0.25, 0.3) is 0 Å². The van der Waals surface area contributed by atoms with E-state index in [2.05, 4.69) is 10.3 Å². The van der Waals surface area contributed by atoms with Crippen molar-refractivity contribution in [2.45, 2.75) is 12.1 Å². The molecule has 2 heterocycles. The summed E-state index contributed by atoms with van der Waals surface area (Å²) < 4.78 is 5.14. The summed E-state index contributed by atoms with van der Waals surface area (Å²) in [4.78, 5) is 4.14. The molecule has 8 heavy (non-hydrogen) atoms. The van der Waals surface area contributed by atoms with Crippen molar-refractivity contribution < 1.29 is 4.74 Å². The zero-order chi connectivity index (χ0) is 5.40. The Balaban J connectivity index is 2.13. The van der Waals surface area contributed by atoms with Crippen molar-refractivity contribution in [2.75, 3.05) is 13.2 Å². The van der Waals surface area contributed by atoms with Crippen LogP contribution in [0, 0.1) is 0 Å². The highest BCUT2D eigenvalue weighted by molar-refractivity contribution is 5.58. The Labute approximate surface area is 47.7 Å². The summed E-state index contributed by atoms with van der Waals surface area (Å²) in [5.74, 6) is 0. The average Bonchev–Trinajstić information content (AvgIpc) is 2.15. The van der Waals surface area contributed by atoms with Crippen molar-refractivity contribution in [2.24, 2.45) is 4.99 Å². The minimum atomic E-state index is 0.412. The first-order chi connectivity index (χ1) is 3.97. The molecule has 0 spiro atoms. The number of ether oxygens (including phenoxy) is 1. The van der Waals surface area contributed by atoms with E-state index >= 15 is 0 Å². The molecule has 2 rings (SSSR count). The first-order valence-electron chi connectivity index (χ1n) is 2.82. The summed E-state index contributed by atoms with van der Waals surface area (Å²) in [6.45, 7) is 1.62. The smallest absolute Gasteiger partial charge is 0.0973 e. The Bertz CT molecular complexity index is 124. The largest absolute Gasteiger partial charge is 0.377 e. The Hall–Kier alpha value is -0.570. The van der Waals surface area contributed by atoms with E-state index in [0.29, 0.717) is 12.1 Å². The molecule has 2 atom stereocenters. The van der Waals surface area contributed by atoms with E-state index in [9.17, 15) is 0 Å². The summed E-state index contributed by atoms with van der Waals surface area (Å²) in [6.07, 6.45) is 1.78. The van der Waals surface area contributed by atoms with Crippen molar-refractivity contribution in [3.05, 3.63) is 0 Å². The molecule has 0 saturated carbocycles. The van der Waals surface area contributed by atoms with E-state index in [-0.39, 0.29) is 0 Å². The number of hydrogen-bond acceptors (Lipinski definition) is 3. The van der Waals surface area contributed by atoms with Crippen molar-refractivity contribution in [3.8, 4) is 0 Å². The Kier molecular flexibility index (Phi) is 0.784. The molecule has 1 N–H and O–H groups in total. The van der Waals surface area contributed by atoms with Gasteiger partial charge < -0.3 is 10.1 Å². The highest BCUT2D eigenvalue weighted by Crippen LogP contribution is 2.11. The monoisotopic (exact) mass is 112 g/mol. The first-order valence-corrected chi connectivity index (χ1v) is 2.82. The third-order valence-electron chi connectivity index (χ3n) is 1.61. The van der Waals surface area contributed by atoms with Crippen LogP contribution >= 0.6 is 0 Å². The molecule has 0 aliphatic carbocycles. The second-order valence-electron chi connectivity index (χ2n) is 2.16. The molecule has 3 heteroatoms. The van der Waals surface area contributed by atoms with E-state index in [1.807, 2.05) is 0 Å². The normalized spacial score (nSPS) is 42.0. The molecule has 2 aliphatic rings. The SMILES string of the molecule is C1=NC2COCC2N1. The molecule has 0 bridgehead atoms. The first kappa shape index (κ1) is 4.32. The van der Waals surface area contributed by atoms with E-state index in [4.69, 9.17) is 4.74 Å². The van der Waals surface area contributed by atoms with Crippen LogP contribution in [0.15, 0.2) is 4.99 Å². The maximum atomic E-state index is 5.14. The summed E-state index contributed by atoms with van der Waals surface area (Å²) in [5, 5.41) is 3.10. The molecule has 2 aliphatic heterocycles. The molecular weight excluding hydrogens is 104 g/mol. The topological polar surface area (TPSA) is 33.6 Å². The van der Waals surface area contributed by atoms with Gasteiger partial charge in [0, 0.05) is 0 Å². The van der Waals surface area contributed by atoms with Gasteiger partial charge in [0.15, 0.2) is 0 Å². The molecule has 1 saturated heterocycles. The molecule has 0 amide bonds. The van der Waals surface area contributed by atoms with Crippen LogP contribution in [0.4, 0.5) is 0 Å². The minimum absolute atomic E-state index is 0.412. The lowest BCUT2D eigenvalue weighted by atomic mass is 10.2. The summed E-state index contributed by atoms with van der Waals surface area (Å²) in [5.41, 5.74) is 0. The van der Waals surface area contributed by atoms with E-state index in [1.165, 1.54) is 0 Å². The fourth-order valence-corrected chi connectivity index (χ4v) is 1.08. The van der Waals surface area contributed by atoms with Gasteiger partial charge in [0.05, 0.1) is 31.6 Å². The molecule has 0 aromatic heterocycles. The Morgan fingerprint density at radius 1 is 1.62 bits per heavy atom. The van der Waals surface area contributed by atoms with E-state index < -0.39 is 0 Å². The van der Waals surface area contributed by atoms with Gasteiger partial charge in [0.1, 0.15) is 0 Å². The molecular formula is C5H8N2O. The highest BCUT2D eigenvalue weighted by atomic mass is 16.5. The van der Waals surface area contributed by atoms with Crippen LogP contribution in [0.1, 0.15) is 0 Å². The number of nitrogens with zero attached hydrogens (tertiary/aromatic N) is 1. The lowest BCUT2D eigenvalue weighted by Gasteiger charge is -2.01. The summed E-state index contributed by atoms with van der Waals surface area (Å²) in [7, 11) is 0. The van der Waals surface area contributed by atoms with Crippen molar-refractivity contribution in [1.29, 1.82) is 0 Å². The standard InChI is InChI=1S/C5H8N2O/c1-4-5(2-8-1)7-3-6-4/h3-5H,1-2H2,(H,6,7). The zero-order valence-electron chi connectivity index (χ0n) is 4.50. The zero-order valence-corrected chi connectivity index (χ0v) is 4.50. The Morgan fingerprint density at radius 3 is 3.50 bits per heavy atom. The molecule has 44 valence electrons. The van der Waals surface area contributed by atoms with E-state index in [1.54, 1.807) is 6.34 Å². The highest BCUT2D eigenvalue weighted by Gasteiger charge is 2.29. The number of rotatable bonds is 0. The van der Waals surface area contributed by atoms with Crippen LogP contribution in [0.3, 0.4) is 0 Å². The van der Waals surface area contributed by atoms with Gasteiger partial charge in [-0.2, -0.15) is 0 Å². The molecule has 3 nitrogen and oxygen atoms in total. The quantitative estimate of drug-likeness (QED) is 0.453. The number of aliphatic imine (C=N–C) groups is 1. The van der Waals surface area contributed by atoms with Gasteiger partial charge in [-0.05, 0) is 0 Å². The average molecular weight is 112 g/mol. The molecule has 0 aromatic carbocycles. The predicted octanol–water partition coefficient (Wildman–Crippen LogP) is -0.615. The summed E-state index contributed by atoms with van der Waals surface area (Å²) >= 11 is 0. The van der Waals surface area contributed by atoms with Crippen molar-refractivity contribution >= 4 is 6.34 Å². The van der Waals surface area contributed by atoms with Gasteiger partial charge in [-0.25, -0.2) is 0 Å². The van der Waals surface area contributed by atoms with Crippen molar-refractivity contribution in [1.82, 2.24) is 5.32 Å². The van der Waals surface area contributed by atoms with Gasteiger partial charge in [-0.3, -0.25) is 4.99 Å².